The molecule has 0 bridgehead atoms. The van der Waals surface area contributed by atoms with Gasteiger partial charge in [-0.05, 0) is 29.7 Å². The summed E-state index contributed by atoms with van der Waals surface area (Å²) in [6.45, 7) is 2.81. The van der Waals surface area contributed by atoms with Crippen molar-refractivity contribution >= 4 is 27.5 Å². The lowest BCUT2D eigenvalue weighted by atomic mass is 10.2. The standard InChI is InChI=1S/C16H26N6O3S2/c23-15(11-26-16-17-18-19-22(16)13-3-1-2-4-13)21-8-6-20(7-9-21)14-5-10-27(24,25)12-14/h13-14H,1-12H2. The van der Waals surface area contributed by atoms with E-state index in [0.29, 0.717) is 30.6 Å². The highest BCUT2D eigenvalue weighted by Gasteiger charge is 2.34. The van der Waals surface area contributed by atoms with E-state index in [-0.39, 0.29) is 17.7 Å². The second-order valence-corrected chi connectivity index (χ2v) is 10.8. The Kier molecular flexibility index (Phi) is 5.70. The molecule has 3 aliphatic rings. The first-order valence-electron chi connectivity index (χ1n) is 9.65. The molecular weight excluding hydrogens is 388 g/mol. The van der Waals surface area contributed by atoms with Crippen molar-refractivity contribution in [1.29, 1.82) is 0 Å². The molecule has 2 aliphatic heterocycles. The van der Waals surface area contributed by atoms with E-state index in [4.69, 9.17) is 0 Å². The number of carbonyl (C=O) groups is 1. The largest absolute Gasteiger partial charge is 0.339 e. The Morgan fingerprint density at radius 1 is 1.07 bits per heavy atom. The van der Waals surface area contributed by atoms with Gasteiger partial charge in [-0.1, -0.05) is 24.6 Å². The van der Waals surface area contributed by atoms with E-state index in [9.17, 15) is 13.2 Å². The molecule has 1 aromatic rings. The summed E-state index contributed by atoms with van der Waals surface area (Å²) in [6, 6.07) is 0.488. The number of hydrogen-bond donors (Lipinski definition) is 0. The molecule has 0 spiro atoms. The maximum absolute atomic E-state index is 12.6. The van der Waals surface area contributed by atoms with Crippen LogP contribution in [-0.4, -0.2) is 93.8 Å². The van der Waals surface area contributed by atoms with Crippen LogP contribution in [-0.2, 0) is 14.6 Å². The Morgan fingerprint density at radius 2 is 1.81 bits per heavy atom. The van der Waals surface area contributed by atoms with Gasteiger partial charge in [0.25, 0.3) is 0 Å². The summed E-state index contributed by atoms with van der Waals surface area (Å²) in [5.74, 6) is 0.994. The van der Waals surface area contributed by atoms with Gasteiger partial charge in [0.15, 0.2) is 9.84 Å². The number of carbonyl (C=O) groups excluding carboxylic acids is 1. The van der Waals surface area contributed by atoms with Crippen LogP contribution in [0.25, 0.3) is 0 Å². The van der Waals surface area contributed by atoms with Gasteiger partial charge in [-0.2, -0.15) is 0 Å². The Hall–Kier alpha value is -1.20. The minimum absolute atomic E-state index is 0.0969. The molecule has 150 valence electrons. The van der Waals surface area contributed by atoms with Gasteiger partial charge >= 0.3 is 0 Å². The van der Waals surface area contributed by atoms with Crippen LogP contribution < -0.4 is 0 Å². The summed E-state index contributed by atoms with van der Waals surface area (Å²) in [6.07, 6.45) is 5.34. The highest BCUT2D eigenvalue weighted by molar-refractivity contribution is 7.99. The van der Waals surface area contributed by atoms with Gasteiger partial charge in [0, 0.05) is 32.2 Å². The van der Waals surface area contributed by atoms with Crippen molar-refractivity contribution in [2.75, 3.05) is 43.4 Å². The van der Waals surface area contributed by atoms with Crippen LogP contribution in [0.4, 0.5) is 0 Å². The third-order valence-corrected chi connectivity index (χ3v) is 8.52. The van der Waals surface area contributed by atoms with Crippen LogP contribution in [0.1, 0.15) is 38.1 Å². The molecule has 1 saturated carbocycles. The topological polar surface area (TPSA) is 101 Å². The molecule has 3 fully saturated rings. The summed E-state index contributed by atoms with van der Waals surface area (Å²) in [4.78, 5) is 16.7. The van der Waals surface area contributed by atoms with Crippen LogP contribution in [0.3, 0.4) is 0 Å². The summed E-state index contributed by atoms with van der Waals surface area (Å²) in [5.41, 5.74) is 0. The van der Waals surface area contributed by atoms with Gasteiger partial charge in [-0.25, -0.2) is 13.1 Å². The molecule has 1 atom stereocenters. The van der Waals surface area contributed by atoms with Crippen molar-refractivity contribution in [3.05, 3.63) is 0 Å². The number of amides is 1. The summed E-state index contributed by atoms with van der Waals surface area (Å²) in [5, 5.41) is 12.7. The van der Waals surface area contributed by atoms with Crippen molar-refractivity contribution < 1.29 is 13.2 Å². The number of rotatable bonds is 5. The van der Waals surface area contributed by atoms with Crippen molar-refractivity contribution in [3.8, 4) is 0 Å². The minimum atomic E-state index is -2.87. The van der Waals surface area contributed by atoms with Crippen molar-refractivity contribution in [2.45, 2.75) is 49.3 Å². The Morgan fingerprint density at radius 3 is 2.48 bits per heavy atom. The van der Waals surface area contributed by atoms with E-state index in [1.54, 1.807) is 0 Å². The lowest BCUT2D eigenvalue weighted by Gasteiger charge is -2.37. The van der Waals surface area contributed by atoms with Gasteiger partial charge in [0.1, 0.15) is 0 Å². The smallest absolute Gasteiger partial charge is 0.233 e. The Bertz CT molecular complexity index is 769. The number of nitrogens with zero attached hydrogens (tertiary/aromatic N) is 6. The third kappa shape index (κ3) is 4.45. The summed E-state index contributed by atoms with van der Waals surface area (Å²) >= 11 is 1.41. The van der Waals surface area contributed by atoms with Crippen LogP contribution in [0.2, 0.25) is 0 Å². The third-order valence-electron chi connectivity index (χ3n) is 5.85. The van der Waals surface area contributed by atoms with E-state index in [1.165, 1.54) is 24.6 Å². The van der Waals surface area contributed by atoms with Crippen LogP contribution in [0.15, 0.2) is 5.16 Å². The van der Waals surface area contributed by atoms with Gasteiger partial charge in [0.05, 0.1) is 23.3 Å². The number of thioether (sulfide) groups is 1. The fraction of sp³-hybridized carbons (Fsp3) is 0.875. The predicted octanol–water partition coefficient (Wildman–Crippen LogP) is 0.212. The molecule has 4 rings (SSSR count). The van der Waals surface area contributed by atoms with E-state index >= 15 is 0 Å². The van der Waals surface area contributed by atoms with Crippen LogP contribution in [0, 0.1) is 0 Å². The van der Waals surface area contributed by atoms with Gasteiger partial charge in [0.2, 0.25) is 11.1 Å². The van der Waals surface area contributed by atoms with E-state index in [1.807, 2.05) is 9.58 Å². The van der Waals surface area contributed by atoms with E-state index in [2.05, 4.69) is 20.4 Å². The Labute approximate surface area is 163 Å². The number of hydrogen-bond acceptors (Lipinski definition) is 8. The number of piperazine rings is 1. The molecular formula is C16H26N6O3S2. The number of sulfone groups is 1. The minimum Gasteiger partial charge on any atom is -0.339 e. The molecule has 9 nitrogen and oxygen atoms in total. The van der Waals surface area contributed by atoms with Crippen LogP contribution >= 0.6 is 11.8 Å². The van der Waals surface area contributed by atoms with Gasteiger partial charge in [-0.3, -0.25) is 9.69 Å². The predicted molar refractivity (Wildman–Crippen MR) is 101 cm³/mol. The van der Waals surface area contributed by atoms with Crippen molar-refractivity contribution in [2.24, 2.45) is 0 Å². The normalized spacial score (nSPS) is 26.7. The first-order valence-corrected chi connectivity index (χ1v) is 12.5. The molecule has 0 radical (unpaired) electrons. The highest BCUT2D eigenvalue weighted by atomic mass is 32.2. The Balaban J connectivity index is 1.25. The lowest BCUT2D eigenvalue weighted by Crippen LogP contribution is -2.52. The molecule has 1 amide bonds. The summed E-state index contributed by atoms with van der Waals surface area (Å²) < 4.78 is 25.2. The molecule has 2 saturated heterocycles. The lowest BCUT2D eigenvalue weighted by molar-refractivity contribution is -0.130. The van der Waals surface area contributed by atoms with E-state index < -0.39 is 9.84 Å². The molecule has 0 N–H and O–H groups in total. The SMILES string of the molecule is O=C(CSc1nnnn1C1CCCC1)N1CCN(C2CCS(=O)(=O)C2)CC1. The first kappa shape index (κ1) is 19.1. The molecule has 1 aliphatic carbocycles. The average Bonchev–Trinajstić information content (AvgIpc) is 3.40. The molecule has 3 heterocycles. The van der Waals surface area contributed by atoms with Gasteiger partial charge < -0.3 is 4.90 Å². The highest BCUT2D eigenvalue weighted by Crippen LogP contribution is 2.31. The monoisotopic (exact) mass is 414 g/mol. The zero-order valence-corrected chi connectivity index (χ0v) is 17.0. The number of aromatic nitrogens is 4. The van der Waals surface area contributed by atoms with Crippen molar-refractivity contribution in [3.63, 3.8) is 0 Å². The maximum atomic E-state index is 12.6. The maximum Gasteiger partial charge on any atom is 0.233 e. The molecule has 27 heavy (non-hydrogen) atoms. The second-order valence-electron chi connectivity index (χ2n) is 7.61. The second kappa shape index (κ2) is 8.04. The van der Waals surface area contributed by atoms with Crippen LogP contribution in [0.5, 0.6) is 0 Å². The molecule has 0 aromatic carbocycles. The molecule has 11 heteroatoms. The van der Waals surface area contributed by atoms with Crippen molar-refractivity contribution in [1.82, 2.24) is 30.0 Å². The quantitative estimate of drug-likeness (QED) is 0.630. The fourth-order valence-corrected chi connectivity index (χ4v) is 6.88. The summed E-state index contributed by atoms with van der Waals surface area (Å²) in [7, 11) is -2.87. The van der Waals surface area contributed by atoms with Gasteiger partial charge in [-0.15, -0.1) is 5.10 Å². The zero-order chi connectivity index (χ0) is 18.9. The molecule has 1 unspecified atom stereocenters. The fourth-order valence-electron chi connectivity index (χ4n) is 4.28. The first-order chi connectivity index (χ1) is 13.0. The zero-order valence-electron chi connectivity index (χ0n) is 15.4. The average molecular weight is 415 g/mol. The molecule has 1 aromatic heterocycles. The number of tetrazole rings is 1. The van der Waals surface area contributed by atoms with E-state index in [0.717, 1.165) is 37.5 Å².